The molecule has 1 aliphatic rings. The molecule has 0 aliphatic carbocycles. The number of hydrogen-bond acceptors (Lipinski definition) is 6. The first-order chi connectivity index (χ1) is 16.5. The zero-order valence-electron chi connectivity index (χ0n) is 18.9. The Kier molecular flexibility index (Phi) is 7.09. The summed E-state index contributed by atoms with van der Waals surface area (Å²) in [5, 5.41) is 0. The predicted molar refractivity (Wildman–Crippen MR) is 132 cm³/mol. The van der Waals surface area contributed by atoms with E-state index >= 15 is 0 Å². The standard InChI is InChI=1S/C23H24FN3O5S3/c1-3-12-27-20-11-10-19(34(2,29)30)14-21(20)33-23(27)25-22(28)16-5-4-13-26(15-16)35(31,32)18-8-6-17(24)7-9-18/h3,6-11,14,16H,1,4-5,12-13,15H2,2H3. The number of nitrogens with zero attached hydrogens (tertiary/aromatic N) is 3. The molecule has 0 radical (unpaired) electrons. The molecule has 3 aromatic rings. The Bertz CT molecular complexity index is 1570. The van der Waals surface area contributed by atoms with Crippen molar-refractivity contribution in [2.24, 2.45) is 10.9 Å². The van der Waals surface area contributed by atoms with Gasteiger partial charge in [0, 0.05) is 25.9 Å². The first kappa shape index (κ1) is 25.4. The Labute approximate surface area is 207 Å². The van der Waals surface area contributed by atoms with Crippen LogP contribution in [0, 0.1) is 11.7 Å². The Morgan fingerprint density at radius 1 is 1.17 bits per heavy atom. The zero-order valence-corrected chi connectivity index (χ0v) is 21.4. The van der Waals surface area contributed by atoms with Gasteiger partial charge in [0.05, 0.1) is 25.9 Å². The van der Waals surface area contributed by atoms with Gasteiger partial charge < -0.3 is 4.57 Å². The number of benzene rings is 2. The Balaban J connectivity index is 1.66. The smallest absolute Gasteiger partial charge is 0.252 e. The Hall–Kier alpha value is -2.67. The lowest BCUT2D eigenvalue weighted by atomic mass is 9.99. The van der Waals surface area contributed by atoms with Gasteiger partial charge in [0.2, 0.25) is 10.0 Å². The molecule has 8 nitrogen and oxygen atoms in total. The summed E-state index contributed by atoms with van der Waals surface area (Å²) in [5.41, 5.74) is 0.720. The fourth-order valence-corrected chi connectivity index (χ4v) is 7.31. The predicted octanol–water partition coefficient (Wildman–Crippen LogP) is 2.96. The van der Waals surface area contributed by atoms with Crippen LogP contribution in [0.2, 0.25) is 0 Å². The lowest BCUT2D eigenvalue weighted by Gasteiger charge is -2.30. The highest BCUT2D eigenvalue weighted by atomic mass is 32.2. The molecule has 2 aromatic carbocycles. The molecule has 1 atom stereocenters. The zero-order chi connectivity index (χ0) is 25.4. The van der Waals surface area contributed by atoms with Crippen LogP contribution in [0.15, 0.2) is 69.9 Å². The summed E-state index contributed by atoms with van der Waals surface area (Å²) in [6, 6.07) is 9.33. The molecule has 1 amide bonds. The van der Waals surface area contributed by atoms with Crippen LogP contribution in [0.3, 0.4) is 0 Å². The molecule has 1 unspecified atom stereocenters. The van der Waals surface area contributed by atoms with E-state index in [0.29, 0.717) is 28.9 Å². The molecule has 1 saturated heterocycles. The molecule has 0 bridgehead atoms. The second-order valence-electron chi connectivity index (χ2n) is 8.29. The van der Waals surface area contributed by atoms with Crippen molar-refractivity contribution >= 4 is 47.3 Å². The van der Waals surface area contributed by atoms with Gasteiger partial charge in [-0.2, -0.15) is 9.30 Å². The maximum atomic E-state index is 13.2. The third kappa shape index (κ3) is 5.30. The van der Waals surface area contributed by atoms with Crippen LogP contribution < -0.4 is 4.80 Å². The average Bonchev–Trinajstić information content (AvgIpc) is 3.15. The van der Waals surface area contributed by atoms with E-state index in [1.807, 2.05) is 0 Å². The minimum atomic E-state index is -3.87. The molecule has 186 valence electrons. The number of carbonyl (C=O) groups excluding carboxylic acids is 1. The van der Waals surface area contributed by atoms with E-state index in [4.69, 9.17) is 0 Å². The normalized spacial score (nSPS) is 18.1. The summed E-state index contributed by atoms with van der Waals surface area (Å²) in [4.78, 5) is 17.9. The lowest BCUT2D eigenvalue weighted by molar-refractivity contribution is -0.122. The summed E-state index contributed by atoms with van der Waals surface area (Å²) < 4.78 is 66.8. The van der Waals surface area contributed by atoms with E-state index in [9.17, 15) is 26.0 Å². The molecular formula is C23H24FN3O5S3. The summed E-state index contributed by atoms with van der Waals surface area (Å²) in [7, 11) is -7.27. The molecule has 0 spiro atoms. The highest BCUT2D eigenvalue weighted by Gasteiger charge is 2.33. The van der Waals surface area contributed by atoms with Crippen molar-refractivity contribution < 1.29 is 26.0 Å². The minimum Gasteiger partial charge on any atom is -0.313 e. The SMILES string of the molecule is C=CCn1c(=NC(=O)C2CCCN(S(=O)(=O)c3ccc(F)cc3)C2)sc2cc(S(C)(=O)=O)ccc21. The molecule has 35 heavy (non-hydrogen) atoms. The number of amides is 1. The number of sulfone groups is 1. The summed E-state index contributed by atoms with van der Waals surface area (Å²) in [6.45, 7) is 4.35. The number of rotatable bonds is 6. The Morgan fingerprint density at radius 3 is 2.51 bits per heavy atom. The molecule has 4 rings (SSSR count). The molecule has 2 heterocycles. The van der Waals surface area contributed by atoms with Crippen LogP contribution >= 0.6 is 11.3 Å². The van der Waals surface area contributed by atoms with Gasteiger partial charge >= 0.3 is 0 Å². The number of sulfonamides is 1. The molecule has 1 fully saturated rings. The molecule has 1 aliphatic heterocycles. The van der Waals surface area contributed by atoms with Crippen molar-refractivity contribution in [2.75, 3.05) is 19.3 Å². The van der Waals surface area contributed by atoms with Crippen LogP contribution in [-0.2, 0) is 31.2 Å². The Morgan fingerprint density at radius 2 is 1.86 bits per heavy atom. The number of thiazole rings is 1. The van der Waals surface area contributed by atoms with Crippen LogP contribution in [0.4, 0.5) is 4.39 Å². The third-order valence-electron chi connectivity index (χ3n) is 5.78. The van der Waals surface area contributed by atoms with E-state index < -0.39 is 37.5 Å². The molecule has 0 N–H and O–H groups in total. The number of allylic oxidation sites excluding steroid dienone is 1. The van der Waals surface area contributed by atoms with Gasteiger partial charge in [0.15, 0.2) is 14.6 Å². The maximum Gasteiger partial charge on any atom is 0.252 e. The van der Waals surface area contributed by atoms with E-state index in [1.54, 1.807) is 22.8 Å². The second-order valence-corrected chi connectivity index (χ2v) is 13.3. The van der Waals surface area contributed by atoms with Gasteiger partial charge in [-0.15, -0.1) is 6.58 Å². The highest BCUT2D eigenvalue weighted by Crippen LogP contribution is 2.26. The van der Waals surface area contributed by atoms with Gasteiger partial charge in [-0.05, 0) is 55.3 Å². The van der Waals surface area contributed by atoms with Crippen molar-refractivity contribution in [1.29, 1.82) is 0 Å². The van der Waals surface area contributed by atoms with Gasteiger partial charge in [0.1, 0.15) is 5.82 Å². The molecular weight excluding hydrogens is 513 g/mol. The fourth-order valence-electron chi connectivity index (χ4n) is 3.98. The maximum absolute atomic E-state index is 13.2. The first-order valence-electron chi connectivity index (χ1n) is 10.8. The topological polar surface area (TPSA) is 106 Å². The van der Waals surface area contributed by atoms with E-state index in [0.717, 1.165) is 23.9 Å². The summed E-state index contributed by atoms with van der Waals surface area (Å²) >= 11 is 1.19. The number of halogens is 1. The molecule has 12 heteroatoms. The van der Waals surface area contributed by atoms with E-state index in [2.05, 4.69) is 11.6 Å². The van der Waals surface area contributed by atoms with Crippen LogP contribution in [0.25, 0.3) is 10.2 Å². The van der Waals surface area contributed by atoms with Crippen molar-refractivity contribution in [1.82, 2.24) is 8.87 Å². The van der Waals surface area contributed by atoms with Crippen LogP contribution in [0.5, 0.6) is 0 Å². The third-order valence-corrected chi connectivity index (χ3v) is 9.82. The highest BCUT2D eigenvalue weighted by molar-refractivity contribution is 7.90. The van der Waals surface area contributed by atoms with Gasteiger partial charge in [-0.3, -0.25) is 4.79 Å². The van der Waals surface area contributed by atoms with Crippen molar-refractivity contribution in [3.8, 4) is 0 Å². The number of piperidine rings is 1. The summed E-state index contributed by atoms with van der Waals surface area (Å²) in [5.74, 6) is -1.61. The number of aromatic nitrogens is 1. The largest absolute Gasteiger partial charge is 0.313 e. The number of carbonyl (C=O) groups is 1. The number of hydrogen-bond donors (Lipinski definition) is 0. The average molecular weight is 538 g/mol. The van der Waals surface area contributed by atoms with Crippen LogP contribution in [-0.4, -0.2) is 51.0 Å². The quantitative estimate of drug-likeness (QED) is 0.450. The molecule has 1 aromatic heterocycles. The van der Waals surface area contributed by atoms with Crippen molar-refractivity contribution in [3.05, 3.63) is 65.7 Å². The second kappa shape index (κ2) is 9.76. The van der Waals surface area contributed by atoms with Crippen molar-refractivity contribution in [3.63, 3.8) is 0 Å². The summed E-state index contributed by atoms with van der Waals surface area (Å²) in [6.07, 6.45) is 3.76. The first-order valence-corrected chi connectivity index (χ1v) is 14.9. The van der Waals surface area contributed by atoms with E-state index in [-0.39, 0.29) is 22.9 Å². The monoisotopic (exact) mass is 537 g/mol. The van der Waals surface area contributed by atoms with Crippen LogP contribution in [0.1, 0.15) is 12.8 Å². The van der Waals surface area contributed by atoms with Gasteiger partial charge in [-0.1, -0.05) is 17.4 Å². The van der Waals surface area contributed by atoms with Gasteiger partial charge in [-0.25, -0.2) is 21.2 Å². The minimum absolute atomic E-state index is 0.0212. The van der Waals surface area contributed by atoms with E-state index in [1.165, 1.54) is 33.8 Å². The van der Waals surface area contributed by atoms with Gasteiger partial charge in [0.25, 0.3) is 5.91 Å². The lowest BCUT2D eigenvalue weighted by Crippen LogP contribution is -2.42. The fraction of sp³-hybridized carbons (Fsp3) is 0.304. The number of fused-ring (bicyclic) bond motifs is 1. The molecule has 0 saturated carbocycles. The van der Waals surface area contributed by atoms with Crippen molar-refractivity contribution in [2.45, 2.75) is 29.2 Å².